The lowest BCUT2D eigenvalue weighted by molar-refractivity contribution is -0.0184. The Hall–Kier alpha value is -0.560. The SMILES string of the molecule is OC[C@H]1O[C@H](CNc2ccc(Cl)c(Cl)c2)[C@@H](O)[C@@H]1O. The molecule has 4 N–H and O–H groups in total. The van der Waals surface area contributed by atoms with Gasteiger partial charge < -0.3 is 25.4 Å². The van der Waals surface area contributed by atoms with E-state index in [9.17, 15) is 10.2 Å². The Labute approximate surface area is 120 Å². The number of hydrogen-bond acceptors (Lipinski definition) is 5. The molecule has 1 aliphatic rings. The van der Waals surface area contributed by atoms with Crippen LogP contribution in [0.25, 0.3) is 0 Å². The number of anilines is 1. The van der Waals surface area contributed by atoms with E-state index in [0.717, 1.165) is 5.69 Å². The Morgan fingerprint density at radius 1 is 1.11 bits per heavy atom. The lowest BCUT2D eigenvalue weighted by Crippen LogP contribution is -2.36. The minimum atomic E-state index is -1.08. The molecule has 2 rings (SSSR count). The number of ether oxygens (including phenoxy) is 1. The van der Waals surface area contributed by atoms with Gasteiger partial charge in [-0.2, -0.15) is 0 Å². The van der Waals surface area contributed by atoms with Crippen LogP contribution in [0.4, 0.5) is 5.69 Å². The van der Waals surface area contributed by atoms with Crippen molar-refractivity contribution in [3.05, 3.63) is 28.2 Å². The second-order valence-electron chi connectivity index (χ2n) is 4.39. The normalized spacial score (nSPS) is 30.6. The molecule has 0 unspecified atom stereocenters. The summed E-state index contributed by atoms with van der Waals surface area (Å²) in [5.41, 5.74) is 0.729. The van der Waals surface area contributed by atoms with Gasteiger partial charge in [-0.1, -0.05) is 23.2 Å². The van der Waals surface area contributed by atoms with Crippen LogP contribution in [0.5, 0.6) is 0 Å². The van der Waals surface area contributed by atoms with Crippen molar-refractivity contribution in [1.29, 1.82) is 0 Å². The Bertz CT molecular complexity index is 446. The van der Waals surface area contributed by atoms with E-state index in [1.54, 1.807) is 18.2 Å². The molecule has 0 amide bonds. The second-order valence-corrected chi connectivity index (χ2v) is 5.20. The monoisotopic (exact) mass is 307 g/mol. The van der Waals surface area contributed by atoms with Crippen molar-refractivity contribution in [2.45, 2.75) is 24.4 Å². The molecule has 0 aliphatic carbocycles. The van der Waals surface area contributed by atoms with Crippen molar-refractivity contribution >= 4 is 28.9 Å². The molecule has 5 nitrogen and oxygen atoms in total. The van der Waals surface area contributed by atoms with Crippen LogP contribution in [0.1, 0.15) is 0 Å². The fourth-order valence-corrected chi connectivity index (χ4v) is 2.27. The van der Waals surface area contributed by atoms with E-state index in [4.69, 9.17) is 33.0 Å². The van der Waals surface area contributed by atoms with Gasteiger partial charge in [0.15, 0.2) is 0 Å². The van der Waals surface area contributed by atoms with Crippen LogP contribution in [0.3, 0.4) is 0 Å². The first kappa shape index (κ1) is 14.8. The van der Waals surface area contributed by atoms with Crippen LogP contribution >= 0.6 is 23.2 Å². The summed E-state index contributed by atoms with van der Waals surface area (Å²) in [4.78, 5) is 0. The van der Waals surface area contributed by atoms with Gasteiger partial charge in [-0.05, 0) is 18.2 Å². The van der Waals surface area contributed by atoms with E-state index in [-0.39, 0.29) is 13.2 Å². The van der Waals surface area contributed by atoms with E-state index >= 15 is 0 Å². The smallest absolute Gasteiger partial charge is 0.111 e. The van der Waals surface area contributed by atoms with Crippen LogP contribution in [-0.2, 0) is 4.74 Å². The maximum absolute atomic E-state index is 9.76. The molecular formula is C12H15Cl2NO4. The number of aliphatic hydroxyl groups excluding tert-OH is 3. The minimum Gasteiger partial charge on any atom is -0.394 e. The predicted octanol–water partition coefficient (Wildman–Crippen LogP) is 0.887. The van der Waals surface area contributed by atoms with E-state index in [2.05, 4.69) is 5.32 Å². The number of halogens is 2. The maximum Gasteiger partial charge on any atom is 0.111 e. The Morgan fingerprint density at radius 2 is 1.79 bits per heavy atom. The van der Waals surface area contributed by atoms with Crippen molar-refractivity contribution in [2.24, 2.45) is 0 Å². The van der Waals surface area contributed by atoms with Gasteiger partial charge in [-0.25, -0.2) is 0 Å². The fraction of sp³-hybridized carbons (Fsp3) is 0.500. The largest absolute Gasteiger partial charge is 0.394 e. The van der Waals surface area contributed by atoms with Crippen LogP contribution in [0, 0.1) is 0 Å². The molecule has 0 bridgehead atoms. The highest BCUT2D eigenvalue weighted by molar-refractivity contribution is 6.42. The summed E-state index contributed by atoms with van der Waals surface area (Å²) >= 11 is 11.7. The molecular weight excluding hydrogens is 293 g/mol. The van der Waals surface area contributed by atoms with E-state index < -0.39 is 24.4 Å². The lowest BCUT2D eigenvalue weighted by atomic mass is 10.1. The molecule has 1 aromatic rings. The van der Waals surface area contributed by atoms with Gasteiger partial charge in [0.05, 0.1) is 16.7 Å². The third-order valence-electron chi connectivity index (χ3n) is 3.07. The first-order valence-corrected chi connectivity index (χ1v) is 6.60. The summed E-state index contributed by atoms with van der Waals surface area (Å²) in [6.07, 6.45) is -3.46. The van der Waals surface area contributed by atoms with Gasteiger partial charge in [-0.3, -0.25) is 0 Å². The minimum absolute atomic E-state index is 0.284. The van der Waals surface area contributed by atoms with Gasteiger partial charge in [0.25, 0.3) is 0 Å². The van der Waals surface area contributed by atoms with Crippen molar-refractivity contribution < 1.29 is 20.1 Å². The molecule has 0 radical (unpaired) electrons. The molecule has 7 heteroatoms. The number of rotatable bonds is 4. The summed E-state index contributed by atoms with van der Waals surface area (Å²) in [5, 5.41) is 32.3. The summed E-state index contributed by atoms with van der Waals surface area (Å²) in [7, 11) is 0. The third kappa shape index (κ3) is 3.31. The predicted molar refractivity (Wildman–Crippen MR) is 72.7 cm³/mol. The molecule has 0 aromatic heterocycles. The number of benzene rings is 1. The number of aliphatic hydroxyl groups is 3. The molecule has 19 heavy (non-hydrogen) atoms. The molecule has 0 spiro atoms. The summed E-state index contributed by atoms with van der Waals surface area (Å²) < 4.78 is 5.34. The van der Waals surface area contributed by atoms with Crippen molar-refractivity contribution in [3.63, 3.8) is 0 Å². The summed E-state index contributed by atoms with van der Waals surface area (Å²) in [5.74, 6) is 0. The van der Waals surface area contributed by atoms with E-state index in [1.807, 2.05) is 0 Å². The van der Waals surface area contributed by atoms with E-state index in [0.29, 0.717) is 10.0 Å². The lowest BCUT2D eigenvalue weighted by Gasteiger charge is -2.16. The van der Waals surface area contributed by atoms with Crippen molar-refractivity contribution in [3.8, 4) is 0 Å². The zero-order valence-corrected chi connectivity index (χ0v) is 11.5. The van der Waals surface area contributed by atoms with Crippen LogP contribution in [0.15, 0.2) is 18.2 Å². The molecule has 1 heterocycles. The average Bonchev–Trinajstić information content (AvgIpc) is 2.67. The highest BCUT2D eigenvalue weighted by Crippen LogP contribution is 2.26. The zero-order valence-electron chi connectivity index (χ0n) is 9.96. The van der Waals surface area contributed by atoms with Gasteiger partial charge >= 0.3 is 0 Å². The zero-order chi connectivity index (χ0) is 14.0. The molecule has 106 valence electrons. The molecule has 1 saturated heterocycles. The quantitative estimate of drug-likeness (QED) is 0.664. The molecule has 1 aliphatic heterocycles. The van der Waals surface area contributed by atoms with Crippen LogP contribution < -0.4 is 5.32 Å². The van der Waals surface area contributed by atoms with Crippen LogP contribution in [0.2, 0.25) is 10.0 Å². The van der Waals surface area contributed by atoms with Gasteiger partial charge in [0.2, 0.25) is 0 Å². The van der Waals surface area contributed by atoms with Crippen LogP contribution in [-0.4, -0.2) is 52.9 Å². The van der Waals surface area contributed by atoms with Crippen molar-refractivity contribution in [1.82, 2.24) is 0 Å². The first-order valence-electron chi connectivity index (χ1n) is 5.84. The van der Waals surface area contributed by atoms with Gasteiger partial charge in [0.1, 0.15) is 24.4 Å². The number of nitrogens with one attached hydrogen (secondary N) is 1. The Morgan fingerprint density at radius 3 is 2.37 bits per heavy atom. The number of hydrogen-bond donors (Lipinski definition) is 4. The Kier molecular flexibility index (Phi) is 4.89. The first-order chi connectivity index (χ1) is 9.02. The maximum atomic E-state index is 9.76. The molecule has 0 saturated carbocycles. The van der Waals surface area contributed by atoms with Gasteiger partial charge in [0, 0.05) is 12.2 Å². The molecule has 1 fully saturated rings. The Balaban J connectivity index is 1.93. The average molecular weight is 308 g/mol. The standard InChI is InChI=1S/C12H15Cl2NO4/c13-7-2-1-6(3-8(7)14)15-4-9-11(17)12(18)10(5-16)19-9/h1-3,9-12,15-18H,4-5H2/t9-,10-,11-,12-/m1/s1. The molecule has 1 aromatic carbocycles. The second kappa shape index (κ2) is 6.26. The van der Waals surface area contributed by atoms with E-state index in [1.165, 1.54) is 0 Å². The highest BCUT2D eigenvalue weighted by Gasteiger charge is 2.41. The summed E-state index contributed by atoms with van der Waals surface area (Å²) in [6.45, 7) is -0.0474. The van der Waals surface area contributed by atoms with Gasteiger partial charge in [-0.15, -0.1) is 0 Å². The van der Waals surface area contributed by atoms with Crippen molar-refractivity contribution in [2.75, 3.05) is 18.5 Å². The fourth-order valence-electron chi connectivity index (χ4n) is 1.97. The molecule has 4 atom stereocenters. The highest BCUT2D eigenvalue weighted by atomic mass is 35.5. The third-order valence-corrected chi connectivity index (χ3v) is 3.81. The topological polar surface area (TPSA) is 82.0 Å². The summed E-state index contributed by atoms with van der Waals surface area (Å²) in [6, 6.07) is 5.06.